The minimum absolute atomic E-state index is 0.00666. The van der Waals surface area contributed by atoms with Gasteiger partial charge in [0.1, 0.15) is 6.29 Å². The molecule has 0 spiro atoms. The van der Waals surface area contributed by atoms with Crippen molar-refractivity contribution < 1.29 is 14.7 Å². The van der Waals surface area contributed by atoms with Gasteiger partial charge in [0.2, 0.25) is 0 Å². The maximum atomic E-state index is 10.8. The van der Waals surface area contributed by atoms with Crippen molar-refractivity contribution in [2.24, 2.45) is 5.92 Å². The van der Waals surface area contributed by atoms with E-state index in [4.69, 9.17) is 5.11 Å². The molecule has 1 saturated heterocycles. The number of rotatable bonds is 4. The van der Waals surface area contributed by atoms with Crippen molar-refractivity contribution in [2.75, 3.05) is 6.54 Å². The maximum Gasteiger partial charge on any atom is 0.306 e. The molecule has 2 aliphatic rings. The van der Waals surface area contributed by atoms with Gasteiger partial charge in [0.15, 0.2) is 0 Å². The lowest BCUT2D eigenvalue weighted by molar-refractivity contribution is -0.143. The Balaban J connectivity index is 1.78. The summed E-state index contributed by atoms with van der Waals surface area (Å²) in [6.45, 7) is 0.919. The molecule has 0 aromatic heterocycles. The molecule has 2 N–H and O–H groups in total. The molecule has 1 atom stereocenters. The summed E-state index contributed by atoms with van der Waals surface area (Å²) < 4.78 is 0. The highest BCUT2D eigenvalue weighted by molar-refractivity contribution is 5.70. The van der Waals surface area contributed by atoms with Crippen molar-refractivity contribution in [2.45, 2.75) is 50.6 Å². The summed E-state index contributed by atoms with van der Waals surface area (Å²) in [6.07, 6.45) is 6.25. The molecule has 1 aliphatic carbocycles. The van der Waals surface area contributed by atoms with Crippen LogP contribution in [0.4, 0.5) is 0 Å². The molecule has 0 aromatic rings. The highest BCUT2D eigenvalue weighted by Gasteiger charge is 2.30. The molecule has 5 nitrogen and oxygen atoms in total. The van der Waals surface area contributed by atoms with Gasteiger partial charge >= 0.3 is 5.97 Å². The molecule has 2 fully saturated rings. The van der Waals surface area contributed by atoms with Crippen molar-refractivity contribution in [3.63, 3.8) is 0 Å². The van der Waals surface area contributed by atoms with Gasteiger partial charge in [-0.3, -0.25) is 10.2 Å². The lowest BCUT2D eigenvalue weighted by Crippen LogP contribution is -2.49. The van der Waals surface area contributed by atoms with E-state index in [0.29, 0.717) is 6.04 Å². The van der Waals surface area contributed by atoms with Crippen LogP contribution in [0.3, 0.4) is 0 Å². The van der Waals surface area contributed by atoms with E-state index < -0.39 is 5.97 Å². The molecular formula is C12H20N2O3. The number of aliphatic carboxylic acids is 1. The van der Waals surface area contributed by atoms with Gasteiger partial charge in [0.25, 0.3) is 0 Å². The molecule has 5 heteroatoms. The number of carbonyl (C=O) groups excluding carboxylic acids is 1. The monoisotopic (exact) mass is 240 g/mol. The Labute approximate surface area is 101 Å². The molecule has 17 heavy (non-hydrogen) atoms. The Morgan fingerprint density at radius 1 is 1.24 bits per heavy atom. The fraction of sp³-hybridized carbons (Fsp3) is 0.833. The molecule has 0 unspecified atom stereocenters. The first-order valence-electron chi connectivity index (χ1n) is 6.41. The van der Waals surface area contributed by atoms with Crippen LogP contribution in [0.2, 0.25) is 0 Å². The normalized spacial score (nSPS) is 34.7. The summed E-state index contributed by atoms with van der Waals surface area (Å²) in [4.78, 5) is 21.7. The number of aldehydes is 1. The molecule has 0 aromatic carbocycles. The zero-order valence-corrected chi connectivity index (χ0v) is 9.97. The minimum atomic E-state index is -0.671. The third-order valence-electron chi connectivity index (χ3n) is 3.88. The largest absolute Gasteiger partial charge is 0.481 e. The lowest BCUT2D eigenvalue weighted by atomic mass is 9.86. The minimum Gasteiger partial charge on any atom is -0.481 e. The summed E-state index contributed by atoms with van der Waals surface area (Å²) in [5, 5.41) is 10.9. The first-order valence-corrected chi connectivity index (χ1v) is 6.41. The number of carboxylic acid groups (broad SMARTS) is 1. The first-order chi connectivity index (χ1) is 8.20. The van der Waals surface area contributed by atoms with E-state index in [1.54, 1.807) is 0 Å². The van der Waals surface area contributed by atoms with Crippen molar-refractivity contribution in [3.05, 3.63) is 0 Å². The van der Waals surface area contributed by atoms with Gasteiger partial charge in [0, 0.05) is 12.6 Å². The first kappa shape index (κ1) is 12.5. The van der Waals surface area contributed by atoms with Gasteiger partial charge in [-0.15, -0.1) is 0 Å². The van der Waals surface area contributed by atoms with Crippen molar-refractivity contribution in [1.29, 1.82) is 0 Å². The second-order valence-corrected chi connectivity index (χ2v) is 5.05. The van der Waals surface area contributed by atoms with Gasteiger partial charge in [-0.25, -0.2) is 5.01 Å². The highest BCUT2D eigenvalue weighted by atomic mass is 16.4. The molecule has 0 amide bonds. The zero-order chi connectivity index (χ0) is 12.3. The van der Waals surface area contributed by atoms with E-state index in [-0.39, 0.29) is 12.0 Å². The van der Waals surface area contributed by atoms with Crippen LogP contribution in [-0.4, -0.2) is 41.0 Å². The number of hydrogen-bond donors (Lipinski definition) is 2. The van der Waals surface area contributed by atoms with E-state index in [9.17, 15) is 9.59 Å². The number of hydrogen-bond acceptors (Lipinski definition) is 4. The van der Waals surface area contributed by atoms with Gasteiger partial charge in [-0.05, 0) is 38.5 Å². The van der Waals surface area contributed by atoms with Crippen LogP contribution in [-0.2, 0) is 9.59 Å². The Hall–Kier alpha value is -0.940. The Morgan fingerprint density at radius 3 is 2.53 bits per heavy atom. The van der Waals surface area contributed by atoms with E-state index in [1.807, 2.05) is 5.01 Å². The molecule has 1 saturated carbocycles. The quantitative estimate of drug-likeness (QED) is 0.711. The molecular weight excluding hydrogens is 220 g/mol. The molecule has 96 valence electrons. The number of hydrazine groups is 1. The van der Waals surface area contributed by atoms with Crippen LogP contribution >= 0.6 is 0 Å². The zero-order valence-electron chi connectivity index (χ0n) is 9.97. The van der Waals surface area contributed by atoms with Crippen LogP contribution in [0, 0.1) is 5.92 Å². The van der Waals surface area contributed by atoms with Crippen LogP contribution in [0.5, 0.6) is 0 Å². The van der Waals surface area contributed by atoms with Crippen LogP contribution in [0.25, 0.3) is 0 Å². The standard InChI is InChI=1S/C12H20N2O3/c15-8-11-2-1-7-14(11)13-10-5-3-9(4-6-10)12(16)17/h8-11,13H,1-7H2,(H,16,17)/t9?,10?,11-/m0/s1. The van der Waals surface area contributed by atoms with Crippen molar-refractivity contribution >= 4 is 12.3 Å². The topological polar surface area (TPSA) is 69.6 Å². The summed E-state index contributed by atoms with van der Waals surface area (Å²) >= 11 is 0. The van der Waals surface area contributed by atoms with Crippen LogP contribution in [0.1, 0.15) is 38.5 Å². The van der Waals surface area contributed by atoms with Crippen LogP contribution in [0.15, 0.2) is 0 Å². The highest BCUT2D eigenvalue weighted by Crippen LogP contribution is 2.25. The Bertz CT molecular complexity index is 287. The number of carbonyl (C=O) groups is 2. The Kier molecular flexibility index (Phi) is 4.12. The fourth-order valence-electron chi connectivity index (χ4n) is 2.80. The summed E-state index contributed by atoms with van der Waals surface area (Å²) in [6, 6.07) is 0.346. The average Bonchev–Trinajstić information content (AvgIpc) is 2.77. The van der Waals surface area contributed by atoms with Crippen LogP contribution < -0.4 is 5.43 Å². The van der Waals surface area contributed by atoms with Gasteiger partial charge < -0.3 is 9.90 Å². The summed E-state index contributed by atoms with van der Waals surface area (Å²) in [7, 11) is 0. The number of nitrogens with one attached hydrogen (secondary N) is 1. The SMILES string of the molecule is O=C[C@@H]1CCCN1NC1CCC(C(=O)O)CC1. The van der Waals surface area contributed by atoms with Crippen molar-refractivity contribution in [1.82, 2.24) is 10.4 Å². The lowest BCUT2D eigenvalue weighted by Gasteiger charge is -2.32. The second kappa shape index (κ2) is 5.60. The fourth-order valence-corrected chi connectivity index (χ4v) is 2.80. The van der Waals surface area contributed by atoms with Gasteiger partial charge in [-0.1, -0.05) is 0 Å². The number of nitrogens with zero attached hydrogens (tertiary/aromatic N) is 1. The molecule has 2 rings (SSSR count). The van der Waals surface area contributed by atoms with Crippen molar-refractivity contribution in [3.8, 4) is 0 Å². The third kappa shape index (κ3) is 3.04. The second-order valence-electron chi connectivity index (χ2n) is 5.05. The summed E-state index contributed by atoms with van der Waals surface area (Å²) in [5.74, 6) is -0.844. The molecule has 1 aliphatic heterocycles. The predicted octanol–water partition coefficient (Wildman–Crippen LogP) is 0.798. The average molecular weight is 240 g/mol. The molecule has 0 bridgehead atoms. The molecule has 0 radical (unpaired) electrons. The van der Waals surface area contributed by atoms with E-state index in [2.05, 4.69) is 5.43 Å². The predicted molar refractivity (Wildman–Crippen MR) is 62.3 cm³/mol. The van der Waals surface area contributed by atoms with E-state index >= 15 is 0 Å². The van der Waals surface area contributed by atoms with Gasteiger partial charge in [-0.2, -0.15) is 0 Å². The third-order valence-corrected chi connectivity index (χ3v) is 3.88. The van der Waals surface area contributed by atoms with E-state index in [0.717, 1.165) is 51.4 Å². The van der Waals surface area contributed by atoms with E-state index in [1.165, 1.54) is 0 Å². The maximum absolute atomic E-state index is 10.8. The Morgan fingerprint density at radius 2 is 1.94 bits per heavy atom. The molecule has 1 heterocycles. The summed E-state index contributed by atoms with van der Waals surface area (Å²) in [5.41, 5.74) is 3.39. The smallest absolute Gasteiger partial charge is 0.306 e. The van der Waals surface area contributed by atoms with Gasteiger partial charge in [0.05, 0.1) is 12.0 Å². The number of carboxylic acids is 1.